The summed E-state index contributed by atoms with van der Waals surface area (Å²) in [6.07, 6.45) is -0.0434. The standard InChI is InChI=1S/C12H12ClF5O/c1-2-3-4-6-5-10(16)7(14)8(15)11(6,17)9(19)12(10,13)18/h6H,2-5H2,1H3. The summed E-state index contributed by atoms with van der Waals surface area (Å²) in [4.78, 5) is 11.6. The first-order valence-electron chi connectivity index (χ1n) is 6.00. The number of hydrogen-bond acceptors (Lipinski definition) is 1. The fourth-order valence-electron chi connectivity index (χ4n) is 2.79. The van der Waals surface area contributed by atoms with E-state index in [2.05, 4.69) is 0 Å². The quantitative estimate of drug-likeness (QED) is 0.562. The highest BCUT2D eigenvalue weighted by atomic mass is 35.5. The summed E-state index contributed by atoms with van der Waals surface area (Å²) in [6.45, 7) is 1.76. The van der Waals surface area contributed by atoms with Crippen molar-refractivity contribution in [2.75, 3.05) is 0 Å². The maximum Gasteiger partial charge on any atom is 0.285 e. The monoisotopic (exact) mass is 302 g/mol. The average molecular weight is 303 g/mol. The minimum Gasteiger partial charge on any atom is -0.290 e. The van der Waals surface area contributed by atoms with Gasteiger partial charge in [-0.25, -0.2) is 22.0 Å². The van der Waals surface area contributed by atoms with Crippen LogP contribution in [-0.2, 0) is 4.79 Å². The third-order valence-electron chi connectivity index (χ3n) is 3.97. The van der Waals surface area contributed by atoms with E-state index in [1.54, 1.807) is 6.92 Å². The van der Waals surface area contributed by atoms with Gasteiger partial charge >= 0.3 is 0 Å². The van der Waals surface area contributed by atoms with Crippen molar-refractivity contribution in [3.8, 4) is 0 Å². The molecule has 3 aliphatic rings. The zero-order valence-corrected chi connectivity index (χ0v) is 10.8. The fourth-order valence-corrected chi connectivity index (χ4v) is 3.09. The Labute approximate surface area is 111 Å². The molecule has 0 aromatic rings. The Morgan fingerprint density at radius 2 is 1.84 bits per heavy atom. The van der Waals surface area contributed by atoms with Crippen LogP contribution in [0.3, 0.4) is 0 Å². The summed E-state index contributed by atoms with van der Waals surface area (Å²) in [7, 11) is 0. The van der Waals surface area contributed by atoms with Gasteiger partial charge in [0.2, 0.25) is 17.1 Å². The molecule has 0 aliphatic heterocycles. The van der Waals surface area contributed by atoms with Gasteiger partial charge in [-0.1, -0.05) is 31.4 Å². The Hall–Kier alpha value is -0.650. The molecule has 1 nitrogen and oxygen atoms in total. The normalized spacial score (nSPS) is 46.1. The molecule has 108 valence electrons. The number of hydrogen-bond donors (Lipinski definition) is 0. The molecule has 0 spiro atoms. The molecule has 0 N–H and O–H groups in total. The number of allylic oxidation sites excluding steroid dienone is 2. The van der Waals surface area contributed by atoms with E-state index >= 15 is 0 Å². The van der Waals surface area contributed by atoms with Gasteiger partial charge in [0.15, 0.2) is 11.7 Å². The van der Waals surface area contributed by atoms with Crippen LogP contribution in [0.2, 0.25) is 0 Å². The number of halogens is 6. The zero-order chi connectivity index (χ0) is 14.6. The zero-order valence-electron chi connectivity index (χ0n) is 10.1. The van der Waals surface area contributed by atoms with E-state index in [-0.39, 0.29) is 6.42 Å². The number of alkyl halides is 4. The fraction of sp³-hybridized carbons (Fsp3) is 0.750. The number of carbonyl (C=O) groups excluding carboxylic acids is 1. The van der Waals surface area contributed by atoms with Crippen LogP contribution >= 0.6 is 11.6 Å². The van der Waals surface area contributed by atoms with Gasteiger partial charge in [0.1, 0.15) is 0 Å². The van der Waals surface area contributed by atoms with Crippen molar-refractivity contribution < 1.29 is 26.7 Å². The van der Waals surface area contributed by atoms with Crippen LogP contribution in [0.25, 0.3) is 0 Å². The Kier molecular flexibility index (Phi) is 3.24. The molecule has 0 aromatic heterocycles. The number of rotatable bonds is 3. The van der Waals surface area contributed by atoms with E-state index in [1.807, 2.05) is 0 Å². The number of Topliss-reactive ketones (excluding diaryl/α,β-unsaturated/α-hetero) is 1. The van der Waals surface area contributed by atoms with Crippen molar-refractivity contribution in [1.29, 1.82) is 0 Å². The van der Waals surface area contributed by atoms with Crippen LogP contribution in [0.4, 0.5) is 22.0 Å². The highest BCUT2D eigenvalue weighted by Gasteiger charge is 2.79. The molecule has 0 radical (unpaired) electrons. The van der Waals surface area contributed by atoms with Gasteiger partial charge in [-0.05, 0) is 12.8 Å². The van der Waals surface area contributed by atoms with Gasteiger partial charge in [0.25, 0.3) is 5.13 Å². The smallest absolute Gasteiger partial charge is 0.285 e. The van der Waals surface area contributed by atoms with E-state index in [0.29, 0.717) is 12.8 Å². The summed E-state index contributed by atoms with van der Waals surface area (Å²) in [5.74, 6) is -7.91. The van der Waals surface area contributed by atoms with E-state index in [1.165, 1.54) is 0 Å². The van der Waals surface area contributed by atoms with Crippen LogP contribution in [0.15, 0.2) is 11.7 Å². The average Bonchev–Trinajstić information content (AvgIpc) is 2.36. The van der Waals surface area contributed by atoms with E-state index in [0.717, 1.165) is 0 Å². The first-order valence-corrected chi connectivity index (χ1v) is 6.38. The van der Waals surface area contributed by atoms with Crippen LogP contribution in [0, 0.1) is 5.92 Å². The summed E-state index contributed by atoms with van der Waals surface area (Å²) in [6, 6.07) is 0. The highest BCUT2D eigenvalue weighted by molar-refractivity contribution is 6.37. The number of carbonyl (C=O) groups is 1. The lowest BCUT2D eigenvalue weighted by Crippen LogP contribution is -2.69. The molecule has 0 saturated heterocycles. The summed E-state index contributed by atoms with van der Waals surface area (Å²) >= 11 is 5.04. The van der Waals surface area contributed by atoms with E-state index < -0.39 is 46.2 Å². The number of ketones is 1. The predicted molar refractivity (Wildman–Crippen MR) is 59.3 cm³/mol. The maximum atomic E-state index is 14.5. The summed E-state index contributed by atoms with van der Waals surface area (Å²) < 4.78 is 69.8. The van der Waals surface area contributed by atoms with Gasteiger partial charge in [0.05, 0.1) is 0 Å². The minimum absolute atomic E-state index is 0.0436. The molecule has 4 atom stereocenters. The van der Waals surface area contributed by atoms with Crippen molar-refractivity contribution in [3.05, 3.63) is 11.7 Å². The molecule has 0 amide bonds. The third kappa shape index (κ3) is 1.55. The predicted octanol–water partition coefficient (Wildman–Crippen LogP) is 4.25. The Balaban J connectivity index is 2.56. The largest absolute Gasteiger partial charge is 0.290 e. The molecule has 2 bridgehead atoms. The van der Waals surface area contributed by atoms with Gasteiger partial charge in [-0.2, -0.15) is 0 Å². The van der Waals surface area contributed by atoms with Crippen LogP contribution in [0.5, 0.6) is 0 Å². The van der Waals surface area contributed by atoms with Crippen molar-refractivity contribution in [1.82, 2.24) is 0 Å². The first-order chi connectivity index (χ1) is 8.64. The third-order valence-corrected chi connectivity index (χ3v) is 4.44. The lowest BCUT2D eigenvalue weighted by atomic mass is 9.61. The van der Waals surface area contributed by atoms with Crippen molar-refractivity contribution in [2.24, 2.45) is 5.92 Å². The van der Waals surface area contributed by atoms with Gasteiger partial charge in [-0.15, -0.1) is 0 Å². The van der Waals surface area contributed by atoms with Crippen LogP contribution < -0.4 is 0 Å². The lowest BCUT2D eigenvalue weighted by Gasteiger charge is -2.50. The molecule has 0 heterocycles. The Morgan fingerprint density at radius 1 is 1.26 bits per heavy atom. The second-order valence-corrected chi connectivity index (χ2v) is 5.61. The van der Waals surface area contributed by atoms with Gasteiger partial charge in [0, 0.05) is 5.92 Å². The van der Waals surface area contributed by atoms with Crippen molar-refractivity contribution >= 4 is 17.4 Å². The summed E-state index contributed by atoms with van der Waals surface area (Å²) in [5, 5.41) is -3.90. The second-order valence-electron chi connectivity index (χ2n) is 5.09. The molecule has 0 aromatic carbocycles. The molecule has 1 fully saturated rings. The van der Waals surface area contributed by atoms with E-state index in [9.17, 15) is 26.7 Å². The molecule has 3 rings (SSSR count). The van der Waals surface area contributed by atoms with Crippen molar-refractivity contribution in [2.45, 2.75) is 49.1 Å². The summed E-state index contributed by atoms with van der Waals surface area (Å²) in [5.41, 5.74) is -7.12. The molecule has 19 heavy (non-hydrogen) atoms. The SMILES string of the molecule is CCCCC1CC2(F)C(F)=C(F)C1(F)C(=O)C2(F)Cl. The molecule has 4 unspecified atom stereocenters. The van der Waals surface area contributed by atoms with E-state index in [4.69, 9.17) is 11.6 Å². The van der Waals surface area contributed by atoms with Crippen molar-refractivity contribution in [3.63, 3.8) is 0 Å². The second kappa shape index (κ2) is 4.17. The topological polar surface area (TPSA) is 17.1 Å². The molecule has 7 heteroatoms. The Morgan fingerprint density at radius 3 is 2.37 bits per heavy atom. The highest BCUT2D eigenvalue weighted by Crippen LogP contribution is 2.63. The van der Waals surface area contributed by atoms with Crippen LogP contribution in [0.1, 0.15) is 32.6 Å². The number of fused-ring (bicyclic) bond motifs is 2. The first kappa shape index (κ1) is 14.8. The molecular weight excluding hydrogens is 291 g/mol. The molecule has 3 aliphatic carbocycles. The van der Waals surface area contributed by atoms with Gasteiger partial charge < -0.3 is 0 Å². The lowest BCUT2D eigenvalue weighted by molar-refractivity contribution is -0.167. The molecular formula is C12H12ClF5O. The van der Waals surface area contributed by atoms with Crippen LogP contribution in [-0.4, -0.2) is 22.2 Å². The maximum absolute atomic E-state index is 14.5. The van der Waals surface area contributed by atoms with Gasteiger partial charge in [-0.3, -0.25) is 4.79 Å². The Bertz CT molecular complexity index is 463. The minimum atomic E-state index is -3.90. The number of unbranched alkanes of at least 4 members (excludes halogenated alkanes) is 1. The molecule has 1 saturated carbocycles.